The van der Waals surface area contributed by atoms with Gasteiger partial charge in [0.25, 0.3) is 0 Å². The minimum atomic E-state index is 0.775. The molecule has 0 aromatic carbocycles. The van der Waals surface area contributed by atoms with Gasteiger partial charge in [0.15, 0.2) is 0 Å². The summed E-state index contributed by atoms with van der Waals surface area (Å²) in [4.78, 5) is 2.56. The maximum Gasteiger partial charge on any atom is 0.118 e. The van der Waals surface area contributed by atoms with Crippen LogP contribution in [0.3, 0.4) is 0 Å². The van der Waals surface area contributed by atoms with Gasteiger partial charge in [0.1, 0.15) is 5.76 Å². The molecule has 3 nitrogen and oxygen atoms in total. The van der Waals surface area contributed by atoms with Gasteiger partial charge in [-0.3, -0.25) is 4.90 Å². The molecule has 0 saturated heterocycles. The van der Waals surface area contributed by atoms with Crippen molar-refractivity contribution in [3.63, 3.8) is 0 Å². The summed E-state index contributed by atoms with van der Waals surface area (Å²) in [7, 11) is 0. The van der Waals surface area contributed by atoms with Gasteiger partial charge in [0.05, 0.1) is 12.8 Å². The van der Waals surface area contributed by atoms with E-state index in [-0.39, 0.29) is 0 Å². The van der Waals surface area contributed by atoms with Crippen molar-refractivity contribution in [2.24, 2.45) is 0 Å². The van der Waals surface area contributed by atoms with Crippen molar-refractivity contribution >= 4 is 0 Å². The van der Waals surface area contributed by atoms with E-state index in [1.807, 2.05) is 6.26 Å². The Kier molecular flexibility index (Phi) is 5.26. The first-order valence-corrected chi connectivity index (χ1v) is 7.34. The molecule has 1 aromatic heterocycles. The topological polar surface area (TPSA) is 28.4 Å². The van der Waals surface area contributed by atoms with Crippen LogP contribution in [0.25, 0.3) is 0 Å². The van der Waals surface area contributed by atoms with E-state index in [4.69, 9.17) is 4.42 Å². The van der Waals surface area contributed by atoms with Crippen LogP contribution in [0, 0.1) is 0 Å². The van der Waals surface area contributed by atoms with Crippen molar-refractivity contribution < 1.29 is 4.42 Å². The Bertz CT molecular complexity index is 342. The number of hydrogen-bond acceptors (Lipinski definition) is 3. The zero-order valence-corrected chi connectivity index (χ0v) is 11.7. The van der Waals surface area contributed by atoms with Crippen LogP contribution in [0.15, 0.2) is 16.7 Å². The summed E-state index contributed by atoms with van der Waals surface area (Å²) in [5.41, 5.74) is 1.26. The highest BCUT2D eigenvalue weighted by atomic mass is 16.3. The minimum Gasteiger partial charge on any atom is -0.468 e. The number of hydrogen-bond donors (Lipinski definition) is 1. The number of furan rings is 1. The number of nitrogens with one attached hydrogen (secondary N) is 1. The van der Waals surface area contributed by atoms with Crippen molar-refractivity contribution in [2.45, 2.75) is 58.7 Å². The molecule has 102 valence electrons. The quantitative estimate of drug-likeness (QED) is 0.806. The highest BCUT2D eigenvalue weighted by molar-refractivity contribution is 5.12. The van der Waals surface area contributed by atoms with Crippen LogP contribution in [-0.4, -0.2) is 24.0 Å². The van der Waals surface area contributed by atoms with Crippen LogP contribution in [0.1, 0.15) is 50.9 Å². The molecule has 0 aliphatic heterocycles. The van der Waals surface area contributed by atoms with Crippen LogP contribution in [0.2, 0.25) is 0 Å². The zero-order valence-electron chi connectivity index (χ0n) is 11.7. The average molecular weight is 250 g/mol. The standard InChI is InChI=1S/C15H26N2O/c1-3-16-10-13-9-15(18-12-13)11-17(4-2)14-7-5-6-8-14/h9,12,14,16H,3-8,10-11H2,1-2H3. The third kappa shape index (κ3) is 3.59. The summed E-state index contributed by atoms with van der Waals surface area (Å²) in [5, 5.41) is 3.33. The predicted molar refractivity (Wildman–Crippen MR) is 74.4 cm³/mol. The maximum atomic E-state index is 5.67. The van der Waals surface area contributed by atoms with Gasteiger partial charge in [-0.05, 0) is 32.0 Å². The molecular weight excluding hydrogens is 224 g/mol. The molecule has 0 bridgehead atoms. The van der Waals surface area contributed by atoms with Crippen molar-refractivity contribution in [2.75, 3.05) is 13.1 Å². The van der Waals surface area contributed by atoms with Gasteiger partial charge in [0, 0.05) is 18.2 Å². The molecule has 1 fully saturated rings. The Balaban J connectivity index is 1.88. The molecule has 0 atom stereocenters. The lowest BCUT2D eigenvalue weighted by Crippen LogP contribution is -2.32. The van der Waals surface area contributed by atoms with E-state index < -0.39 is 0 Å². The van der Waals surface area contributed by atoms with Gasteiger partial charge in [-0.25, -0.2) is 0 Å². The van der Waals surface area contributed by atoms with E-state index in [1.54, 1.807) is 0 Å². The SMILES string of the molecule is CCNCc1coc(CN(CC)C2CCCC2)c1. The van der Waals surface area contributed by atoms with Crippen molar-refractivity contribution in [1.82, 2.24) is 10.2 Å². The first-order chi connectivity index (χ1) is 8.83. The van der Waals surface area contributed by atoms with E-state index in [1.165, 1.54) is 31.2 Å². The summed E-state index contributed by atoms with van der Waals surface area (Å²) in [6.07, 6.45) is 7.40. The van der Waals surface area contributed by atoms with Gasteiger partial charge >= 0.3 is 0 Å². The Hall–Kier alpha value is -0.800. The van der Waals surface area contributed by atoms with Crippen molar-refractivity contribution in [1.29, 1.82) is 0 Å². The van der Waals surface area contributed by atoms with Gasteiger partial charge in [-0.2, -0.15) is 0 Å². The first-order valence-electron chi connectivity index (χ1n) is 7.34. The molecule has 0 radical (unpaired) electrons. The zero-order chi connectivity index (χ0) is 12.8. The largest absolute Gasteiger partial charge is 0.468 e. The monoisotopic (exact) mass is 250 g/mol. The Morgan fingerprint density at radius 2 is 2.11 bits per heavy atom. The summed E-state index contributed by atoms with van der Waals surface area (Å²) in [6, 6.07) is 2.97. The summed E-state index contributed by atoms with van der Waals surface area (Å²) in [5.74, 6) is 1.11. The molecule has 1 aliphatic rings. The third-order valence-corrected chi connectivity index (χ3v) is 3.89. The lowest BCUT2D eigenvalue weighted by Gasteiger charge is -2.26. The summed E-state index contributed by atoms with van der Waals surface area (Å²) < 4.78 is 5.67. The smallest absolute Gasteiger partial charge is 0.118 e. The molecule has 0 amide bonds. The van der Waals surface area contributed by atoms with Crippen LogP contribution < -0.4 is 5.32 Å². The van der Waals surface area contributed by atoms with E-state index in [0.717, 1.165) is 38.0 Å². The highest BCUT2D eigenvalue weighted by Gasteiger charge is 2.22. The van der Waals surface area contributed by atoms with Gasteiger partial charge in [-0.1, -0.05) is 26.7 Å². The maximum absolute atomic E-state index is 5.67. The molecule has 1 N–H and O–H groups in total. The van der Waals surface area contributed by atoms with Crippen molar-refractivity contribution in [3.8, 4) is 0 Å². The second kappa shape index (κ2) is 6.95. The van der Waals surface area contributed by atoms with E-state index in [9.17, 15) is 0 Å². The fraction of sp³-hybridized carbons (Fsp3) is 0.733. The second-order valence-electron chi connectivity index (χ2n) is 5.20. The minimum absolute atomic E-state index is 0.775. The van der Waals surface area contributed by atoms with Crippen LogP contribution in [0.4, 0.5) is 0 Å². The normalized spacial score (nSPS) is 16.8. The summed E-state index contributed by atoms with van der Waals surface area (Å²) >= 11 is 0. The van der Waals surface area contributed by atoms with Crippen LogP contribution >= 0.6 is 0 Å². The van der Waals surface area contributed by atoms with Crippen LogP contribution in [-0.2, 0) is 13.1 Å². The molecule has 1 heterocycles. The molecule has 18 heavy (non-hydrogen) atoms. The number of rotatable bonds is 7. The molecule has 2 rings (SSSR count). The van der Waals surface area contributed by atoms with Crippen molar-refractivity contribution in [3.05, 3.63) is 23.7 Å². The summed E-state index contributed by atoms with van der Waals surface area (Å²) in [6.45, 7) is 8.38. The fourth-order valence-corrected chi connectivity index (χ4v) is 2.84. The molecule has 1 saturated carbocycles. The molecule has 0 spiro atoms. The highest BCUT2D eigenvalue weighted by Crippen LogP contribution is 2.25. The predicted octanol–water partition coefficient (Wildman–Crippen LogP) is 3.15. The molecule has 3 heteroatoms. The molecule has 1 aliphatic carbocycles. The molecule has 1 aromatic rings. The number of nitrogens with zero attached hydrogens (tertiary/aromatic N) is 1. The fourth-order valence-electron chi connectivity index (χ4n) is 2.84. The Labute approximate surface area is 111 Å². The van der Waals surface area contributed by atoms with E-state index >= 15 is 0 Å². The van der Waals surface area contributed by atoms with Gasteiger partial charge < -0.3 is 9.73 Å². The van der Waals surface area contributed by atoms with Crippen LogP contribution in [0.5, 0.6) is 0 Å². The van der Waals surface area contributed by atoms with E-state index in [0.29, 0.717) is 0 Å². The van der Waals surface area contributed by atoms with E-state index in [2.05, 4.69) is 30.1 Å². The lowest BCUT2D eigenvalue weighted by molar-refractivity contribution is 0.185. The second-order valence-corrected chi connectivity index (χ2v) is 5.20. The van der Waals surface area contributed by atoms with Gasteiger partial charge in [0.2, 0.25) is 0 Å². The first kappa shape index (κ1) is 13.6. The molecular formula is C15H26N2O. The molecule has 0 unspecified atom stereocenters. The Morgan fingerprint density at radius 1 is 1.33 bits per heavy atom. The average Bonchev–Trinajstić information content (AvgIpc) is 3.04. The lowest BCUT2D eigenvalue weighted by atomic mass is 10.2. The Morgan fingerprint density at radius 3 is 2.78 bits per heavy atom. The van der Waals surface area contributed by atoms with Gasteiger partial charge in [-0.15, -0.1) is 0 Å². The third-order valence-electron chi connectivity index (χ3n) is 3.89.